The molecule has 1 aliphatic heterocycles. The van der Waals surface area contributed by atoms with E-state index in [0.717, 1.165) is 31.7 Å². The van der Waals surface area contributed by atoms with Gasteiger partial charge in [-0.3, -0.25) is 14.6 Å². The molecule has 1 saturated heterocycles. The van der Waals surface area contributed by atoms with Crippen LogP contribution in [0.2, 0.25) is 0 Å². The van der Waals surface area contributed by atoms with Gasteiger partial charge in [-0.1, -0.05) is 49.3 Å². The van der Waals surface area contributed by atoms with E-state index < -0.39 is 0 Å². The van der Waals surface area contributed by atoms with Crippen molar-refractivity contribution in [2.45, 2.75) is 26.3 Å². The lowest BCUT2D eigenvalue weighted by Crippen LogP contribution is -2.49. The minimum absolute atomic E-state index is 0.0402. The van der Waals surface area contributed by atoms with Crippen molar-refractivity contribution in [3.63, 3.8) is 0 Å². The van der Waals surface area contributed by atoms with E-state index in [1.807, 2.05) is 12.1 Å². The molecule has 0 atom stereocenters. The van der Waals surface area contributed by atoms with Gasteiger partial charge in [0.2, 0.25) is 17.6 Å². The highest BCUT2D eigenvalue weighted by Crippen LogP contribution is 2.21. The van der Waals surface area contributed by atoms with Gasteiger partial charge in [-0.25, -0.2) is 0 Å². The van der Waals surface area contributed by atoms with Gasteiger partial charge in [0.05, 0.1) is 13.1 Å². The van der Waals surface area contributed by atoms with Crippen molar-refractivity contribution >= 4 is 5.91 Å². The van der Waals surface area contributed by atoms with Crippen molar-refractivity contribution in [2.75, 3.05) is 39.3 Å². The van der Waals surface area contributed by atoms with Gasteiger partial charge >= 0.3 is 0 Å². The summed E-state index contributed by atoms with van der Waals surface area (Å²) in [5, 5.41) is 6.94. The molecule has 0 unspecified atom stereocenters. The molecule has 0 spiro atoms. The molecule has 1 N–H and O–H groups in total. The molecule has 1 amide bonds. The predicted octanol–water partition coefficient (Wildman–Crippen LogP) is 2.28. The lowest BCUT2D eigenvalue weighted by molar-refractivity contribution is -0.122. The number of amides is 1. The van der Waals surface area contributed by atoms with E-state index >= 15 is 0 Å². The second-order valence-electron chi connectivity index (χ2n) is 7.43. The monoisotopic (exact) mass is 383 g/mol. The van der Waals surface area contributed by atoms with Gasteiger partial charge < -0.3 is 9.84 Å². The molecule has 0 aliphatic carbocycles. The van der Waals surface area contributed by atoms with Crippen molar-refractivity contribution in [1.29, 1.82) is 0 Å². The maximum absolute atomic E-state index is 11.8. The Balaban J connectivity index is 1.48. The Morgan fingerprint density at radius 3 is 2.54 bits per heavy atom. The SMILES string of the molecule is C=CCNC(=O)CN1CCN(Cc2nc(-c3ccc(C(C)C)cc3)no2)CC1. The first-order chi connectivity index (χ1) is 13.5. The minimum atomic E-state index is 0.0402. The molecule has 0 saturated carbocycles. The zero-order valence-corrected chi connectivity index (χ0v) is 16.7. The number of benzene rings is 1. The number of hydrogen-bond donors (Lipinski definition) is 1. The maximum atomic E-state index is 11.8. The van der Waals surface area contributed by atoms with Gasteiger partial charge in [0, 0.05) is 38.3 Å². The Bertz CT molecular complexity index is 776. The molecule has 2 heterocycles. The number of piperazine rings is 1. The zero-order chi connectivity index (χ0) is 19.9. The van der Waals surface area contributed by atoms with Gasteiger partial charge in [0.15, 0.2) is 0 Å². The topological polar surface area (TPSA) is 74.5 Å². The molecule has 150 valence electrons. The second-order valence-corrected chi connectivity index (χ2v) is 7.43. The average molecular weight is 383 g/mol. The molecule has 1 aliphatic rings. The minimum Gasteiger partial charge on any atom is -0.352 e. The Morgan fingerprint density at radius 1 is 1.21 bits per heavy atom. The lowest BCUT2D eigenvalue weighted by Gasteiger charge is -2.33. The highest BCUT2D eigenvalue weighted by atomic mass is 16.5. The van der Waals surface area contributed by atoms with Crippen LogP contribution in [0.3, 0.4) is 0 Å². The summed E-state index contributed by atoms with van der Waals surface area (Å²) in [5.74, 6) is 1.79. The highest BCUT2D eigenvalue weighted by Gasteiger charge is 2.21. The van der Waals surface area contributed by atoms with Crippen molar-refractivity contribution < 1.29 is 9.32 Å². The summed E-state index contributed by atoms with van der Waals surface area (Å²) in [6.07, 6.45) is 1.69. The fraction of sp³-hybridized carbons (Fsp3) is 0.476. The normalized spacial score (nSPS) is 15.7. The summed E-state index contributed by atoms with van der Waals surface area (Å²) in [6.45, 7) is 13.0. The molecule has 3 rings (SSSR count). The summed E-state index contributed by atoms with van der Waals surface area (Å²) in [5.41, 5.74) is 2.26. The Labute approximate surface area is 166 Å². The van der Waals surface area contributed by atoms with Crippen LogP contribution in [0, 0.1) is 0 Å². The third-order valence-electron chi connectivity index (χ3n) is 4.94. The van der Waals surface area contributed by atoms with Crippen molar-refractivity contribution in [3.8, 4) is 11.4 Å². The van der Waals surface area contributed by atoms with Gasteiger partial charge in [-0.2, -0.15) is 4.98 Å². The summed E-state index contributed by atoms with van der Waals surface area (Å²) in [6, 6.07) is 8.31. The molecule has 2 aromatic rings. The summed E-state index contributed by atoms with van der Waals surface area (Å²) >= 11 is 0. The third-order valence-corrected chi connectivity index (χ3v) is 4.94. The van der Waals surface area contributed by atoms with E-state index in [1.165, 1.54) is 5.56 Å². The van der Waals surface area contributed by atoms with Gasteiger partial charge in [-0.05, 0) is 11.5 Å². The first-order valence-electron chi connectivity index (χ1n) is 9.80. The quantitative estimate of drug-likeness (QED) is 0.705. The molecular weight excluding hydrogens is 354 g/mol. The highest BCUT2D eigenvalue weighted by molar-refractivity contribution is 5.78. The van der Waals surface area contributed by atoms with Gasteiger partial charge in [0.1, 0.15) is 0 Å². The summed E-state index contributed by atoms with van der Waals surface area (Å²) < 4.78 is 5.45. The standard InChI is InChI=1S/C21H29N5O2/c1-4-9-22-19(27)14-25-10-12-26(13-11-25)15-20-23-21(24-28-20)18-7-5-17(6-8-18)16(2)3/h4-8,16H,1,9-15H2,2-3H3,(H,22,27). The first-order valence-corrected chi connectivity index (χ1v) is 9.80. The largest absolute Gasteiger partial charge is 0.352 e. The average Bonchev–Trinajstić information content (AvgIpc) is 3.16. The number of aromatic nitrogens is 2. The summed E-state index contributed by atoms with van der Waals surface area (Å²) in [4.78, 5) is 20.8. The zero-order valence-electron chi connectivity index (χ0n) is 16.7. The molecule has 7 heteroatoms. The number of nitrogens with zero attached hydrogens (tertiary/aromatic N) is 4. The van der Waals surface area contributed by atoms with Crippen LogP contribution in [0.4, 0.5) is 0 Å². The van der Waals surface area contributed by atoms with Gasteiger partial charge in [-0.15, -0.1) is 6.58 Å². The van der Waals surface area contributed by atoms with Crippen molar-refractivity contribution in [3.05, 3.63) is 48.4 Å². The van der Waals surface area contributed by atoms with Gasteiger partial charge in [0.25, 0.3) is 0 Å². The van der Waals surface area contributed by atoms with E-state index in [9.17, 15) is 4.79 Å². The van der Waals surface area contributed by atoms with E-state index in [0.29, 0.717) is 37.3 Å². The number of carbonyl (C=O) groups is 1. The number of carbonyl (C=O) groups excluding carboxylic acids is 1. The second kappa shape index (κ2) is 9.61. The number of nitrogens with one attached hydrogen (secondary N) is 1. The Morgan fingerprint density at radius 2 is 1.89 bits per heavy atom. The van der Waals surface area contributed by atoms with Crippen molar-refractivity contribution in [1.82, 2.24) is 25.3 Å². The molecule has 1 aromatic heterocycles. The molecule has 0 radical (unpaired) electrons. The molecular formula is C21H29N5O2. The fourth-order valence-corrected chi connectivity index (χ4v) is 3.20. The lowest BCUT2D eigenvalue weighted by atomic mass is 10.0. The van der Waals surface area contributed by atoms with E-state index in [4.69, 9.17) is 4.52 Å². The van der Waals surface area contributed by atoms with E-state index in [2.05, 4.69) is 57.8 Å². The fourth-order valence-electron chi connectivity index (χ4n) is 3.20. The first kappa shape index (κ1) is 20.2. The van der Waals surface area contributed by atoms with Crippen LogP contribution in [0.15, 0.2) is 41.4 Å². The number of rotatable bonds is 8. The van der Waals surface area contributed by atoms with E-state index in [1.54, 1.807) is 6.08 Å². The van der Waals surface area contributed by atoms with Crippen LogP contribution in [0.1, 0.15) is 31.2 Å². The predicted molar refractivity (Wildman–Crippen MR) is 109 cm³/mol. The number of hydrogen-bond acceptors (Lipinski definition) is 6. The van der Waals surface area contributed by atoms with Crippen LogP contribution >= 0.6 is 0 Å². The molecule has 1 fully saturated rings. The molecule has 7 nitrogen and oxygen atoms in total. The maximum Gasteiger partial charge on any atom is 0.241 e. The van der Waals surface area contributed by atoms with Crippen molar-refractivity contribution in [2.24, 2.45) is 0 Å². The van der Waals surface area contributed by atoms with Crippen LogP contribution in [-0.4, -0.2) is 65.1 Å². The Kier molecular flexibility index (Phi) is 6.95. The molecule has 1 aromatic carbocycles. The van der Waals surface area contributed by atoms with E-state index in [-0.39, 0.29) is 5.91 Å². The Hall–Kier alpha value is -2.51. The van der Waals surface area contributed by atoms with Crippen LogP contribution in [0.25, 0.3) is 11.4 Å². The van der Waals surface area contributed by atoms with Crippen LogP contribution in [-0.2, 0) is 11.3 Å². The van der Waals surface area contributed by atoms with Crippen LogP contribution in [0.5, 0.6) is 0 Å². The summed E-state index contributed by atoms with van der Waals surface area (Å²) in [7, 11) is 0. The molecule has 0 bridgehead atoms. The van der Waals surface area contributed by atoms with Crippen LogP contribution < -0.4 is 5.32 Å². The molecule has 28 heavy (non-hydrogen) atoms. The third kappa shape index (κ3) is 5.50. The smallest absolute Gasteiger partial charge is 0.241 e.